The summed E-state index contributed by atoms with van der Waals surface area (Å²) in [6.07, 6.45) is 3.47. The number of anilines is 1. The first-order chi connectivity index (χ1) is 9.96. The maximum absolute atomic E-state index is 12.4. The highest BCUT2D eigenvalue weighted by atomic mass is 79.9. The first-order valence-electron chi connectivity index (χ1n) is 7.31. The predicted molar refractivity (Wildman–Crippen MR) is 87.7 cm³/mol. The van der Waals surface area contributed by atoms with Crippen molar-refractivity contribution in [3.8, 4) is 0 Å². The van der Waals surface area contributed by atoms with Gasteiger partial charge in [0.25, 0.3) is 5.56 Å². The average Bonchev–Trinajstić information content (AvgIpc) is 2.99. The van der Waals surface area contributed by atoms with Crippen LogP contribution < -0.4 is 15.8 Å². The summed E-state index contributed by atoms with van der Waals surface area (Å²) >= 11 is 3.48. The van der Waals surface area contributed by atoms with Crippen molar-refractivity contribution in [1.82, 2.24) is 15.1 Å². The van der Waals surface area contributed by atoms with Crippen LogP contribution in [0.5, 0.6) is 0 Å². The molecule has 2 atom stereocenters. The van der Waals surface area contributed by atoms with Gasteiger partial charge in [0, 0.05) is 25.2 Å². The topological polar surface area (TPSA) is 50.2 Å². The normalized spacial score (nSPS) is 26.9. The number of nitrogens with zero attached hydrogens (tertiary/aromatic N) is 3. The highest BCUT2D eigenvalue weighted by molar-refractivity contribution is 9.10. The summed E-state index contributed by atoms with van der Waals surface area (Å²) in [5, 5.41) is 7.75. The van der Waals surface area contributed by atoms with Crippen molar-refractivity contribution in [2.75, 3.05) is 24.5 Å². The minimum atomic E-state index is -0.0987. The van der Waals surface area contributed by atoms with Gasteiger partial charge in [0.1, 0.15) is 4.47 Å². The van der Waals surface area contributed by atoms with Crippen LogP contribution in [0.25, 0.3) is 0 Å². The molecule has 2 unspecified atom stereocenters. The summed E-state index contributed by atoms with van der Waals surface area (Å²) in [6, 6.07) is 0. The Morgan fingerprint density at radius 3 is 3.00 bits per heavy atom. The molecule has 3 heterocycles. The summed E-state index contributed by atoms with van der Waals surface area (Å²) in [4.78, 5) is 14.7. The Hall–Kier alpha value is -1.14. The van der Waals surface area contributed by atoms with E-state index in [1.807, 2.05) is 0 Å². The van der Waals surface area contributed by atoms with Crippen LogP contribution in [-0.4, -0.2) is 35.0 Å². The van der Waals surface area contributed by atoms with E-state index in [-0.39, 0.29) is 11.1 Å². The molecule has 21 heavy (non-hydrogen) atoms. The zero-order valence-corrected chi connectivity index (χ0v) is 14.1. The second-order valence-electron chi connectivity index (χ2n) is 6.41. The number of hydrogen-bond donors (Lipinski definition) is 1. The highest BCUT2D eigenvalue weighted by Gasteiger charge is 2.50. The highest BCUT2D eigenvalue weighted by Crippen LogP contribution is 2.44. The van der Waals surface area contributed by atoms with Gasteiger partial charge in [-0.05, 0) is 41.6 Å². The lowest BCUT2D eigenvalue weighted by Crippen LogP contribution is -2.45. The number of rotatable bonds is 3. The molecule has 0 aliphatic carbocycles. The molecule has 114 valence electrons. The average molecular weight is 353 g/mol. The van der Waals surface area contributed by atoms with Crippen LogP contribution in [-0.2, 0) is 6.54 Å². The van der Waals surface area contributed by atoms with Gasteiger partial charge in [-0.1, -0.05) is 6.08 Å². The Bertz CT molecular complexity index is 625. The molecule has 2 aliphatic rings. The zero-order valence-electron chi connectivity index (χ0n) is 12.5. The predicted octanol–water partition coefficient (Wildman–Crippen LogP) is 1.63. The molecule has 0 aromatic carbocycles. The molecule has 3 rings (SSSR count). The summed E-state index contributed by atoms with van der Waals surface area (Å²) < 4.78 is 2.02. The Kier molecular flexibility index (Phi) is 3.69. The Morgan fingerprint density at radius 1 is 1.57 bits per heavy atom. The van der Waals surface area contributed by atoms with Crippen molar-refractivity contribution < 1.29 is 0 Å². The van der Waals surface area contributed by atoms with Gasteiger partial charge in [-0.2, -0.15) is 5.10 Å². The fraction of sp³-hybridized carbons (Fsp3) is 0.600. The fourth-order valence-electron chi connectivity index (χ4n) is 3.73. The second kappa shape index (κ2) is 5.25. The third-order valence-corrected chi connectivity index (χ3v) is 5.66. The van der Waals surface area contributed by atoms with Gasteiger partial charge in [-0.3, -0.25) is 4.79 Å². The van der Waals surface area contributed by atoms with Crippen LogP contribution in [0.2, 0.25) is 0 Å². The van der Waals surface area contributed by atoms with Gasteiger partial charge in [0.05, 0.1) is 18.4 Å². The maximum atomic E-state index is 12.4. The SMILES string of the molecule is C=CCn1ncc(N2CC3CNCC3C2(C)C)c(Br)c1=O. The number of aromatic nitrogens is 2. The standard InChI is InChI=1S/C15H21BrN4O/c1-4-5-20-14(21)13(16)12(8-18-20)19-9-10-6-17-7-11(10)15(19,2)3/h4,8,10-11,17H,1,5-7,9H2,2-3H3. The monoisotopic (exact) mass is 352 g/mol. The molecule has 0 spiro atoms. The fourth-order valence-corrected chi connectivity index (χ4v) is 4.25. The molecule has 2 aliphatic heterocycles. The van der Waals surface area contributed by atoms with Crippen molar-refractivity contribution in [2.24, 2.45) is 11.8 Å². The quantitative estimate of drug-likeness (QED) is 0.840. The summed E-state index contributed by atoms with van der Waals surface area (Å²) in [5.74, 6) is 1.25. The van der Waals surface area contributed by atoms with E-state index in [0.29, 0.717) is 22.9 Å². The largest absolute Gasteiger partial charge is 0.363 e. The number of allylic oxidation sites excluding steroid dienone is 1. The van der Waals surface area contributed by atoms with Crippen LogP contribution in [0.1, 0.15) is 13.8 Å². The van der Waals surface area contributed by atoms with Crippen LogP contribution in [0.4, 0.5) is 5.69 Å². The summed E-state index contributed by atoms with van der Waals surface area (Å²) in [6.45, 7) is 11.7. The first kappa shape index (κ1) is 14.8. The molecule has 0 amide bonds. The number of halogens is 1. The van der Waals surface area contributed by atoms with Gasteiger partial charge in [0.15, 0.2) is 0 Å². The van der Waals surface area contributed by atoms with E-state index < -0.39 is 0 Å². The van der Waals surface area contributed by atoms with E-state index in [4.69, 9.17) is 0 Å². The Labute approximate surface area is 133 Å². The van der Waals surface area contributed by atoms with E-state index in [2.05, 4.69) is 51.7 Å². The third kappa shape index (κ3) is 2.25. The van der Waals surface area contributed by atoms with Crippen molar-refractivity contribution in [3.63, 3.8) is 0 Å². The molecule has 1 N–H and O–H groups in total. The van der Waals surface area contributed by atoms with Gasteiger partial charge < -0.3 is 10.2 Å². The minimum absolute atomic E-state index is 0.0232. The van der Waals surface area contributed by atoms with E-state index >= 15 is 0 Å². The van der Waals surface area contributed by atoms with Gasteiger partial charge >= 0.3 is 0 Å². The molecule has 0 saturated carbocycles. The van der Waals surface area contributed by atoms with Crippen molar-refractivity contribution in [3.05, 3.63) is 33.7 Å². The van der Waals surface area contributed by atoms with E-state index in [1.54, 1.807) is 12.3 Å². The van der Waals surface area contributed by atoms with E-state index in [9.17, 15) is 4.79 Å². The lowest BCUT2D eigenvalue weighted by atomic mass is 9.85. The lowest BCUT2D eigenvalue weighted by molar-refractivity contribution is 0.356. The van der Waals surface area contributed by atoms with Gasteiger partial charge in [-0.15, -0.1) is 6.58 Å². The number of nitrogens with one attached hydrogen (secondary N) is 1. The summed E-state index contributed by atoms with van der Waals surface area (Å²) in [5.41, 5.74) is 0.827. The molecular formula is C15H21BrN4O. The number of hydrogen-bond acceptors (Lipinski definition) is 4. The molecule has 1 aromatic heterocycles. The van der Waals surface area contributed by atoms with Crippen LogP contribution in [0.15, 0.2) is 28.1 Å². The van der Waals surface area contributed by atoms with Crippen molar-refractivity contribution in [2.45, 2.75) is 25.9 Å². The first-order valence-corrected chi connectivity index (χ1v) is 8.11. The lowest BCUT2D eigenvalue weighted by Gasteiger charge is -2.37. The molecule has 2 fully saturated rings. The minimum Gasteiger partial charge on any atom is -0.363 e. The second-order valence-corrected chi connectivity index (χ2v) is 7.20. The maximum Gasteiger partial charge on any atom is 0.283 e. The van der Waals surface area contributed by atoms with Crippen LogP contribution in [0.3, 0.4) is 0 Å². The van der Waals surface area contributed by atoms with Gasteiger partial charge in [-0.25, -0.2) is 4.68 Å². The summed E-state index contributed by atoms with van der Waals surface area (Å²) in [7, 11) is 0. The van der Waals surface area contributed by atoms with E-state index in [0.717, 1.165) is 25.3 Å². The third-order valence-electron chi connectivity index (χ3n) is 4.92. The molecular weight excluding hydrogens is 332 g/mol. The molecule has 6 heteroatoms. The molecule has 0 radical (unpaired) electrons. The van der Waals surface area contributed by atoms with Crippen molar-refractivity contribution in [1.29, 1.82) is 0 Å². The van der Waals surface area contributed by atoms with E-state index in [1.165, 1.54) is 4.68 Å². The Balaban J connectivity index is 2.00. The molecule has 5 nitrogen and oxygen atoms in total. The Morgan fingerprint density at radius 2 is 2.33 bits per heavy atom. The molecule has 2 saturated heterocycles. The van der Waals surface area contributed by atoms with Crippen LogP contribution in [0, 0.1) is 11.8 Å². The smallest absolute Gasteiger partial charge is 0.283 e. The number of fused-ring (bicyclic) bond motifs is 1. The van der Waals surface area contributed by atoms with Crippen LogP contribution >= 0.6 is 15.9 Å². The molecule has 0 bridgehead atoms. The zero-order chi connectivity index (χ0) is 15.2. The molecule has 1 aromatic rings. The van der Waals surface area contributed by atoms with Crippen molar-refractivity contribution >= 4 is 21.6 Å². The van der Waals surface area contributed by atoms with Gasteiger partial charge in [0.2, 0.25) is 0 Å².